The van der Waals surface area contributed by atoms with Crippen LogP contribution in [0.3, 0.4) is 0 Å². The maximum absolute atomic E-state index is 12.7. The van der Waals surface area contributed by atoms with Gasteiger partial charge in [0.05, 0.1) is 22.6 Å². The molecule has 1 saturated heterocycles. The van der Waals surface area contributed by atoms with Gasteiger partial charge in [-0.3, -0.25) is 4.90 Å². The number of aromatic nitrogens is 2. The number of alkyl halides is 3. The number of rotatable bonds is 6. The van der Waals surface area contributed by atoms with Gasteiger partial charge in [-0.05, 0) is 62.0 Å². The van der Waals surface area contributed by atoms with Gasteiger partial charge in [-0.25, -0.2) is 13.1 Å². The molecule has 9 nitrogen and oxygen atoms in total. The van der Waals surface area contributed by atoms with Crippen molar-refractivity contribution in [1.29, 1.82) is 5.26 Å². The van der Waals surface area contributed by atoms with Crippen molar-refractivity contribution in [3.05, 3.63) is 60.0 Å². The van der Waals surface area contributed by atoms with Gasteiger partial charge in [0.15, 0.2) is 0 Å². The number of nitriles is 1. The monoisotopic (exact) mass is 493 g/mol. The van der Waals surface area contributed by atoms with Crippen LogP contribution in [0.15, 0.2) is 57.9 Å². The van der Waals surface area contributed by atoms with Crippen molar-refractivity contribution in [2.45, 2.75) is 29.8 Å². The molecule has 1 aliphatic heterocycles. The lowest BCUT2D eigenvalue weighted by Gasteiger charge is -2.14. The number of halogens is 3. The molecule has 3 aromatic rings. The molecule has 178 valence electrons. The van der Waals surface area contributed by atoms with E-state index in [-0.39, 0.29) is 28.4 Å². The number of likely N-dealkylation sites (N-methyl/N-ethyl adjacent to an activating group) is 1. The van der Waals surface area contributed by atoms with Gasteiger partial charge in [0.2, 0.25) is 21.7 Å². The maximum Gasteiger partial charge on any atom is 0.573 e. The predicted molar refractivity (Wildman–Crippen MR) is 112 cm³/mol. The number of nitrogens with zero attached hydrogens (tertiary/aromatic N) is 4. The highest BCUT2D eigenvalue weighted by Gasteiger charge is 2.37. The Balaban J connectivity index is 1.43. The second kappa shape index (κ2) is 9.05. The van der Waals surface area contributed by atoms with E-state index < -0.39 is 22.4 Å². The molecule has 0 amide bonds. The maximum atomic E-state index is 12.7. The normalized spacial score (nSPS) is 19.1. The van der Waals surface area contributed by atoms with Crippen LogP contribution in [-0.2, 0) is 10.0 Å². The second-order valence-corrected chi connectivity index (χ2v) is 9.39. The van der Waals surface area contributed by atoms with Crippen LogP contribution in [0.5, 0.6) is 5.75 Å². The molecular weight excluding hydrogens is 475 g/mol. The van der Waals surface area contributed by atoms with E-state index in [9.17, 15) is 21.6 Å². The Morgan fingerprint density at radius 2 is 1.85 bits per heavy atom. The van der Waals surface area contributed by atoms with E-state index >= 15 is 0 Å². The van der Waals surface area contributed by atoms with Gasteiger partial charge in [0.1, 0.15) is 5.75 Å². The zero-order valence-electron chi connectivity index (χ0n) is 17.7. The molecule has 2 aromatic carbocycles. The number of benzene rings is 2. The number of nitrogens with one attached hydrogen (secondary N) is 1. The highest BCUT2D eigenvalue weighted by molar-refractivity contribution is 7.89. The lowest BCUT2D eigenvalue weighted by Crippen LogP contribution is -2.36. The fourth-order valence-corrected chi connectivity index (χ4v) is 4.90. The van der Waals surface area contributed by atoms with Crippen molar-refractivity contribution in [2.75, 3.05) is 13.6 Å². The van der Waals surface area contributed by atoms with Crippen molar-refractivity contribution in [3.63, 3.8) is 0 Å². The summed E-state index contributed by atoms with van der Waals surface area (Å²) in [4.78, 5) is 6.25. The van der Waals surface area contributed by atoms with Crippen molar-refractivity contribution in [2.24, 2.45) is 0 Å². The minimum atomic E-state index is -4.79. The molecule has 1 aromatic heterocycles. The Labute approximate surface area is 192 Å². The van der Waals surface area contributed by atoms with Crippen LogP contribution in [-0.4, -0.2) is 49.5 Å². The molecule has 0 spiro atoms. The molecule has 0 saturated carbocycles. The Hall–Kier alpha value is -3.47. The third kappa shape index (κ3) is 5.36. The minimum Gasteiger partial charge on any atom is -0.406 e. The van der Waals surface area contributed by atoms with E-state index in [0.717, 1.165) is 12.1 Å². The summed E-state index contributed by atoms with van der Waals surface area (Å²) in [7, 11) is -2.01. The molecule has 0 aliphatic carbocycles. The topological polar surface area (TPSA) is 121 Å². The van der Waals surface area contributed by atoms with Gasteiger partial charge < -0.3 is 9.26 Å². The van der Waals surface area contributed by atoms with Crippen molar-refractivity contribution in [1.82, 2.24) is 19.8 Å². The molecule has 2 atom stereocenters. The summed E-state index contributed by atoms with van der Waals surface area (Å²) in [5.74, 6) is 0.0737. The van der Waals surface area contributed by atoms with Crippen LogP contribution in [0, 0.1) is 11.3 Å². The van der Waals surface area contributed by atoms with Crippen LogP contribution in [0.25, 0.3) is 11.4 Å². The molecule has 1 N–H and O–H groups in total. The fraction of sp³-hybridized carbons (Fsp3) is 0.286. The van der Waals surface area contributed by atoms with E-state index in [1.165, 1.54) is 36.4 Å². The van der Waals surface area contributed by atoms with Gasteiger partial charge in [0, 0.05) is 18.2 Å². The summed E-state index contributed by atoms with van der Waals surface area (Å²) in [5, 5.41) is 12.8. The van der Waals surface area contributed by atoms with Crippen LogP contribution in [0.4, 0.5) is 13.2 Å². The largest absolute Gasteiger partial charge is 0.573 e. The van der Waals surface area contributed by atoms with Gasteiger partial charge in [-0.2, -0.15) is 10.2 Å². The fourth-order valence-electron chi connectivity index (χ4n) is 3.66. The summed E-state index contributed by atoms with van der Waals surface area (Å²) >= 11 is 0. The average Bonchev–Trinajstić information content (AvgIpc) is 3.39. The first-order valence-corrected chi connectivity index (χ1v) is 11.4. The first kappa shape index (κ1) is 23.7. The van der Waals surface area contributed by atoms with Crippen molar-refractivity contribution < 1.29 is 30.8 Å². The first-order chi connectivity index (χ1) is 16.0. The third-order valence-electron chi connectivity index (χ3n) is 5.24. The molecular formula is C21H18F3N5O4S. The zero-order chi connectivity index (χ0) is 24.5. The molecule has 1 aliphatic rings. The molecule has 13 heteroatoms. The van der Waals surface area contributed by atoms with E-state index in [2.05, 4.69) is 19.6 Å². The van der Waals surface area contributed by atoms with E-state index in [0.29, 0.717) is 24.1 Å². The molecule has 4 rings (SSSR count). The van der Waals surface area contributed by atoms with Crippen molar-refractivity contribution >= 4 is 10.0 Å². The standard InChI is InChI=1S/C21H18F3N5O4S/c1-29-12-15(28-34(30,31)17-8-2-13(11-25)3-9-17)10-18(29)20-26-19(27-33-20)14-4-6-16(7-5-14)32-21(22,23)24/h2-9,15,18,28H,10,12H2,1H3/t15-,18-/m0/s1. The molecule has 1 fully saturated rings. The zero-order valence-corrected chi connectivity index (χ0v) is 18.5. The molecule has 2 heterocycles. The Morgan fingerprint density at radius 3 is 2.47 bits per heavy atom. The van der Waals surface area contributed by atoms with Crippen molar-refractivity contribution in [3.8, 4) is 23.2 Å². The number of likely N-dealkylation sites (tertiary alicyclic amines) is 1. The highest BCUT2D eigenvalue weighted by Crippen LogP contribution is 2.32. The van der Waals surface area contributed by atoms with Crippen LogP contribution < -0.4 is 9.46 Å². The van der Waals surface area contributed by atoms with Crippen LogP contribution >= 0.6 is 0 Å². The summed E-state index contributed by atoms with van der Waals surface area (Å²) < 4.78 is 74.2. The molecule has 0 unspecified atom stereocenters. The quantitative estimate of drug-likeness (QED) is 0.556. The first-order valence-electron chi connectivity index (χ1n) is 9.96. The summed E-state index contributed by atoms with van der Waals surface area (Å²) in [6, 6.07) is 11.8. The summed E-state index contributed by atoms with van der Waals surface area (Å²) in [6.45, 7) is 0.390. The van der Waals surface area contributed by atoms with Crippen LogP contribution in [0.1, 0.15) is 23.9 Å². The van der Waals surface area contributed by atoms with Crippen LogP contribution in [0.2, 0.25) is 0 Å². The van der Waals surface area contributed by atoms with Gasteiger partial charge in [-0.1, -0.05) is 5.16 Å². The number of sulfonamides is 1. The predicted octanol–water partition coefficient (Wildman–Crippen LogP) is 3.23. The Kier molecular flexibility index (Phi) is 6.30. The third-order valence-corrected chi connectivity index (χ3v) is 6.77. The highest BCUT2D eigenvalue weighted by atomic mass is 32.2. The average molecular weight is 493 g/mol. The Bertz CT molecular complexity index is 1300. The minimum absolute atomic E-state index is 0.0515. The summed E-state index contributed by atoms with van der Waals surface area (Å²) in [5.41, 5.74) is 0.789. The van der Waals surface area contributed by atoms with Gasteiger partial charge in [-0.15, -0.1) is 13.2 Å². The lowest BCUT2D eigenvalue weighted by atomic mass is 10.2. The smallest absolute Gasteiger partial charge is 0.406 e. The second-order valence-electron chi connectivity index (χ2n) is 7.67. The summed E-state index contributed by atoms with van der Waals surface area (Å²) in [6.07, 6.45) is -4.42. The number of ether oxygens (including phenoxy) is 1. The SMILES string of the molecule is CN1C[C@@H](NS(=O)(=O)c2ccc(C#N)cc2)C[C@H]1c1nc(-c2ccc(OC(F)(F)F)cc2)no1. The van der Waals surface area contributed by atoms with Gasteiger partial charge >= 0.3 is 6.36 Å². The molecule has 0 radical (unpaired) electrons. The van der Waals surface area contributed by atoms with E-state index in [1.807, 2.05) is 11.0 Å². The van der Waals surface area contributed by atoms with Gasteiger partial charge in [0.25, 0.3) is 0 Å². The van der Waals surface area contributed by atoms with E-state index in [4.69, 9.17) is 9.78 Å². The number of hydrogen-bond donors (Lipinski definition) is 1. The number of hydrogen-bond acceptors (Lipinski definition) is 8. The molecule has 34 heavy (non-hydrogen) atoms. The van der Waals surface area contributed by atoms with E-state index in [1.54, 1.807) is 7.05 Å². The molecule has 0 bridgehead atoms. The Morgan fingerprint density at radius 1 is 1.18 bits per heavy atom. The lowest BCUT2D eigenvalue weighted by molar-refractivity contribution is -0.274.